The third kappa shape index (κ3) is 4.52. The molecule has 2 heterocycles. The quantitative estimate of drug-likeness (QED) is 0.365. The summed E-state index contributed by atoms with van der Waals surface area (Å²) in [7, 11) is 0. The highest BCUT2D eigenvalue weighted by Crippen LogP contribution is 2.33. The standard InChI is InChI=1S/C20H17N3O3S2/c1-13-4-2-3-5-15(13)11-27-20-23-22-19(28-20)21-18(24)9-7-14-6-8-16-17(10-14)26-12-25-16/h2-10H,11-12H2,1H3,(H,21,22,24)/b9-7+. The number of nitrogens with one attached hydrogen (secondary N) is 1. The normalized spacial score (nSPS) is 12.5. The van der Waals surface area contributed by atoms with Gasteiger partial charge in [0.2, 0.25) is 17.8 Å². The number of rotatable bonds is 6. The minimum Gasteiger partial charge on any atom is -0.454 e. The van der Waals surface area contributed by atoms with E-state index < -0.39 is 0 Å². The SMILES string of the molecule is Cc1ccccc1CSc1nnc(NC(=O)/C=C/c2ccc3c(c2)OCO3)s1. The van der Waals surface area contributed by atoms with Gasteiger partial charge in [-0.15, -0.1) is 10.2 Å². The molecule has 8 heteroatoms. The van der Waals surface area contributed by atoms with Crippen LogP contribution in [0, 0.1) is 6.92 Å². The lowest BCUT2D eigenvalue weighted by Crippen LogP contribution is -2.07. The van der Waals surface area contributed by atoms with Crippen molar-refractivity contribution in [2.75, 3.05) is 12.1 Å². The van der Waals surface area contributed by atoms with Crippen LogP contribution in [0.1, 0.15) is 16.7 Å². The van der Waals surface area contributed by atoms with Gasteiger partial charge in [0.1, 0.15) is 0 Å². The van der Waals surface area contributed by atoms with E-state index in [1.165, 1.54) is 28.5 Å². The topological polar surface area (TPSA) is 73.3 Å². The zero-order valence-electron chi connectivity index (χ0n) is 15.0. The Hall–Kier alpha value is -2.84. The van der Waals surface area contributed by atoms with Crippen molar-refractivity contribution in [1.82, 2.24) is 10.2 Å². The Labute approximate surface area is 170 Å². The van der Waals surface area contributed by atoms with Crippen LogP contribution in [0.25, 0.3) is 6.08 Å². The van der Waals surface area contributed by atoms with Gasteiger partial charge in [0, 0.05) is 11.8 Å². The number of nitrogens with zero attached hydrogens (tertiary/aromatic N) is 2. The van der Waals surface area contributed by atoms with Crippen molar-refractivity contribution in [3.05, 3.63) is 65.2 Å². The molecule has 0 fully saturated rings. The van der Waals surface area contributed by atoms with E-state index in [1.807, 2.05) is 30.3 Å². The Kier molecular flexibility index (Phi) is 5.59. The highest BCUT2D eigenvalue weighted by atomic mass is 32.2. The number of benzene rings is 2. The summed E-state index contributed by atoms with van der Waals surface area (Å²) in [5, 5.41) is 11.4. The van der Waals surface area contributed by atoms with Gasteiger partial charge in [-0.3, -0.25) is 10.1 Å². The molecular formula is C20H17N3O3S2. The van der Waals surface area contributed by atoms with E-state index in [4.69, 9.17) is 9.47 Å². The molecule has 0 atom stereocenters. The summed E-state index contributed by atoms with van der Waals surface area (Å²) in [6.07, 6.45) is 3.17. The Morgan fingerprint density at radius 2 is 2.07 bits per heavy atom. The molecule has 1 amide bonds. The van der Waals surface area contributed by atoms with Crippen molar-refractivity contribution in [2.24, 2.45) is 0 Å². The molecule has 1 aromatic heterocycles. The smallest absolute Gasteiger partial charge is 0.250 e. The van der Waals surface area contributed by atoms with Gasteiger partial charge in [-0.1, -0.05) is 53.4 Å². The molecule has 0 aliphatic carbocycles. The number of thioether (sulfide) groups is 1. The first-order chi connectivity index (χ1) is 13.7. The number of aromatic nitrogens is 2. The lowest BCUT2D eigenvalue weighted by molar-refractivity contribution is -0.111. The van der Waals surface area contributed by atoms with E-state index in [1.54, 1.807) is 17.8 Å². The molecule has 0 saturated heterocycles. The first kappa shape index (κ1) is 18.5. The molecule has 0 bridgehead atoms. The molecule has 0 spiro atoms. The molecule has 2 aromatic carbocycles. The number of carbonyl (C=O) groups is 1. The summed E-state index contributed by atoms with van der Waals surface area (Å²) in [5.74, 6) is 1.96. The number of amides is 1. The molecule has 28 heavy (non-hydrogen) atoms. The van der Waals surface area contributed by atoms with Gasteiger partial charge >= 0.3 is 0 Å². The Morgan fingerprint density at radius 1 is 1.21 bits per heavy atom. The predicted octanol–water partition coefficient (Wildman–Crippen LogP) is 4.52. The average molecular weight is 412 g/mol. The molecule has 1 N–H and O–H groups in total. The fraction of sp³-hybridized carbons (Fsp3) is 0.150. The predicted molar refractivity (Wildman–Crippen MR) is 111 cm³/mol. The number of fused-ring (bicyclic) bond motifs is 1. The van der Waals surface area contributed by atoms with E-state index >= 15 is 0 Å². The molecule has 1 aliphatic rings. The lowest BCUT2D eigenvalue weighted by atomic mass is 10.1. The highest BCUT2D eigenvalue weighted by molar-refractivity contribution is 8.00. The van der Waals surface area contributed by atoms with Gasteiger partial charge < -0.3 is 9.47 Å². The van der Waals surface area contributed by atoms with Crippen LogP contribution in [-0.4, -0.2) is 22.9 Å². The lowest BCUT2D eigenvalue weighted by Gasteiger charge is -2.02. The Balaban J connectivity index is 1.32. The number of ether oxygens (including phenoxy) is 2. The number of anilines is 1. The number of hydrogen-bond acceptors (Lipinski definition) is 7. The Bertz CT molecular complexity index is 1030. The molecular weight excluding hydrogens is 394 g/mol. The fourth-order valence-corrected chi connectivity index (χ4v) is 4.40. The maximum absolute atomic E-state index is 12.1. The maximum Gasteiger partial charge on any atom is 0.250 e. The highest BCUT2D eigenvalue weighted by Gasteiger charge is 2.12. The second-order valence-electron chi connectivity index (χ2n) is 6.02. The van der Waals surface area contributed by atoms with Crippen LogP contribution in [0.5, 0.6) is 11.5 Å². The van der Waals surface area contributed by atoms with Crippen LogP contribution < -0.4 is 14.8 Å². The fourth-order valence-electron chi connectivity index (χ4n) is 2.57. The zero-order chi connectivity index (χ0) is 19.3. The van der Waals surface area contributed by atoms with Crippen LogP contribution in [0.4, 0.5) is 5.13 Å². The van der Waals surface area contributed by atoms with E-state index in [9.17, 15) is 4.79 Å². The minimum absolute atomic E-state index is 0.226. The molecule has 3 aromatic rings. The summed E-state index contributed by atoms with van der Waals surface area (Å²) < 4.78 is 11.4. The van der Waals surface area contributed by atoms with Crippen molar-refractivity contribution < 1.29 is 14.3 Å². The summed E-state index contributed by atoms with van der Waals surface area (Å²) in [6, 6.07) is 13.8. The van der Waals surface area contributed by atoms with Gasteiger partial charge in [0.15, 0.2) is 15.8 Å². The van der Waals surface area contributed by atoms with Gasteiger partial charge in [0.05, 0.1) is 0 Å². The summed E-state index contributed by atoms with van der Waals surface area (Å²) >= 11 is 2.97. The van der Waals surface area contributed by atoms with Crippen LogP contribution in [0.2, 0.25) is 0 Å². The van der Waals surface area contributed by atoms with Crippen molar-refractivity contribution in [3.8, 4) is 11.5 Å². The van der Waals surface area contributed by atoms with E-state index in [0.29, 0.717) is 16.6 Å². The number of aryl methyl sites for hydroxylation is 1. The molecule has 1 aliphatic heterocycles. The second kappa shape index (κ2) is 8.45. The maximum atomic E-state index is 12.1. The zero-order valence-corrected chi connectivity index (χ0v) is 16.7. The first-order valence-electron chi connectivity index (χ1n) is 8.57. The van der Waals surface area contributed by atoms with Crippen LogP contribution in [0.15, 0.2) is 52.9 Å². The minimum atomic E-state index is -0.260. The van der Waals surface area contributed by atoms with Crippen molar-refractivity contribution in [1.29, 1.82) is 0 Å². The monoisotopic (exact) mass is 411 g/mol. The number of carbonyl (C=O) groups excluding carboxylic acids is 1. The van der Waals surface area contributed by atoms with Gasteiger partial charge in [-0.25, -0.2) is 0 Å². The first-order valence-corrected chi connectivity index (χ1v) is 10.4. The molecule has 0 saturated carbocycles. The third-order valence-corrected chi connectivity index (χ3v) is 6.09. The van der Waals surface area contributed by atoms with Gasteiger partial charge in [0.25, 0.3) is 0 Å². The average Bonchev–Trinajstić information content (AvgIpc) is 3.34. The van der Waals surface area contributed by atoms with Gasteiger partial charge in [-0.05, 0) is 41.8 Å². The summed E-state index contributed by atoms with van der Waals surface area (Å²) in [4.78, 5) is 12.1. The summed E-state index contributed by atoms with van der Waals surface area (Å²) in [5.41, 5.74) is 3.37. The van der Waals surface area contributed by atoms with E-state index in [0.717, 1.165) is 15.7 Å². The molecule has 6 nitrogen and oxygen atoms in total. The van der Waals surface area contributed by atoms with E-state index in [2.05, 4.69) is 34.6 Å². The molecule has 0 radical (unpaired) electrons. The summed E-state index contributed by atoms with van der Waals surface area (Å²) in [6.45, 7) is 2.32. The third-order valence-electron chi connectivity index (χ3n) is 4.07. The van der Waals surface area contributed by atoms with Crippen LogP contribution >= 0.6 is 23.1 Å². The molecule has 4 rings (SSSR count). The molecule has 0 unspecified atom stereocenters. The number of hydrogen-bond donors (Lipinski definition) is 1. The second-order valence-corrected chi connectivity index (χ2v) is 8.22. The van der Waals surface area contributed by atoms with Crippen molar-refractivity contribution >= 4 is 40.2 Å². The van der Waals surface area contributed by atoms with Crippen LogP contribution in [-0.2, 0) is 10.5 Å². The Morgan fingerprint density at radius 3 is 2.96 bits per heavy atom. The van der Waals surface area contributed by atoms with E-state index in [-0.39, 0.29) is 12.7 Å². The molecule has 142 valence electrons. The van der Waals surface area contributed by atoms with Crippen molar-refractivity contribution in [3.63, 3.8) is 0 Å². The van der Waals surface area contributed by atoms with Crippen molar-refractivity contribution in [2.45, 2.75) is 17.0 Å². The van der Waals surface area contributed by atoms with Gasteiger partial charge in [-0.2, -0.15) is 0 Å². The largest absolute Gasteiger partial charge is 0.454 e. The van der Waals surface area contributed by atoms with Crippen LogP contribution in [0.3, 0.4) is 0 Å².